The summed E-state index contributed by atoms with van der Waals surface area (Å²) in [5.41, 5.74) is 2.67. The van der Waals surface area contributed by atoms with E-state index in [-0.39, 0.29) is 5.89 Å². The monoisotopic (exact) mass is 418 g/mol. The maximum Gasteiger partial charge on any atom is 0.259 e. The van der Waals surface area contributed by atoms with E-state index in [0.29, 0.717) is 34.1 Å². The van der Waals surface area contributed by atoms with Crippen molar-refractivity contribution < 1.29 is 13.9 Å². The average molecular weight is 419 g/mol. The van der Waals surface area contributed by atoms with Crippen LogP contribution in [0.3, 0.4) is 0 Å². The van der Waals surface area contributed by atoms with Gasteiger partial charge in [-0.15, -0.1) is 10.2 Å². The molecule has 0 saturated carbocycles. The normalized spacial score (nSPS) is 11.5. The van der Waals surface area contributed by atoms with Crippen LogP contribution in [-0.2, 0) is 0 Å². The summed E-state index contributed by atoms with van der Waals surface area (Å²) in [5.74, 6) is 1.67. The average Bonchev–Trinajstić information content (AvgIpc) is 3.17. The highest BCUT2D eigenvalue weighted by Gasteiger charge is 2.14. The second kappa shape index (κ2) is 9.13. The highest BCUT2D eigenvalue weighted by atomic mass is 35.5. The smallest absolute Gasteiger partial charge is 0.259 e. The molecule has 5 nitrogen and oxygen atoms in total. The third-order valence-electron chi connectivity index (χ3n) is 3.89. The minimum atomic E-state index is 0.222. The predicted octanol–water partition coefficient (Wildman–Crippen LogP) is 6.23. The van der Waals surface area contributed by atoms with Gasteiger partial charge in [-0.3, -0.25) is 0 Å². The largest absolute Gasteiger partial charge is 0.493 e. The Morgan fingerprint density at radius 1 is 1.21 bits per heavy atom. The van der Waals surface area contributed by atoms with Crippen molar-refractivity contribution in [2.24, 2.45) is 0 Å². The van der Waals surface area contributed by atoms with Gasteiger partial charge in [-0.1, -0.05) is 47.8 Å². The minimum absolute atomic E-state index is 0.222. The molecule has 0 aliphatic heterocycles. The number of halogens is 2. The lowest BCUT2D eigenvalue weighted by molar-refractivity contribution is 0.294. The lowest BCUT2D eigenvalue weighted by Gasteiger charge is -2.12. The van der Waals surface area contributed by atoms with Crippen molar-refractivity contribution in [2.75, 3.05) is 13.7 Å². The van der Waals surface area contributed by atoms with Crippen LogP contribution in [0.5, 0.6) is 11.5 Å². The first kappa shape index (κ1) is 20.2. The second-order valence-electron chi connectivity index (χ2n) is 6.16. The zero-order valence-corrected chi connectivity index (χ0v) is 17.3. The van der Waals surface area contributed by atoms with E-state index in [9.17, 15) is 0 Å². The number of hydrogen-bond donors (Lipinski definition) is 0. The molecule has 1 heterocycles. The Labute approximate surface area is 173 Å². The molecule has 0 fully saturated rings. The summed E-state index contributed by atoms with van der Waals surface area (Å²) in [7, 11) is 1.56. The van der Waals surface area contributed by atoms with Crippen LogP contribution in [0.4, 0.5) is 0 Å². The van der Waals surface area contributed by atoms with Gasteiger partial charge in [-0.25, -0.2) is 0 Å². The number of hydrogen-bond acceptors (Lipinski definition) is 5. The maximum atomic E-state index is 6.39. The summed E-state index contributed by atoms with van der Waals surface area (Å²) in [6.07, 6.45) is 2.56. The number of aryl methyl sites for hydroxylation is 1. The van der Waals surface area contributed by atoms with Crippen LogP contribution in [-0.4, -0.2) is 23.9 Å². The Hall–Kier alpha value is -2.50. The van der Waals surface area contributed by atoms with E-state index in [1.807, 2.05) is 38.1 Å². The zero-order chi connectivity index (χ0) is 20.1. The summed E-state index contributed by atoms with van der Waals surface area (Å²) < 4.78 is 16.8. The number of rotatable bonds is 7. The molecule has 1 aromatic heterocycles. The number of methoxy groups -OCH3 is 1. The Bertz CT molecular complexity index is 999. The molecule has 0 unspecified atom stereocenters. The zero-order valence-electron chi connectivity index (χ0n) is 15.8. The molecule has 2 aromatic carbocycles. The van der Waals surface area contributed by atoms with Gasteiger partial charge in [0, 0.05) is 5.56 Å². The molecule has 3 rings (SSSR count). The second-order valence-corrected chi connectivity index (χ2v) is 6.97. The van der Waals surface area contributed by atoms with Crippen LogP contribution >= 0.6 is 23.2 Å². The topological polar surface area (TPSA) is 57.4 Å². The molecule has 0 amide bonds. The molecule has 0 bridgehead atoms. The van der Waals surface area contributed by atoms with Crippen LogP contribution in [0.1, 0.15) is 30.4 Å². The summed E-state index contributed by atoms with van der Waals surface area (Å²) in [5, 5.41) is 8.85. The highest BCUT2D eigenvalue weighted by Crippen LogP contribution is 2.38. The third kappa shape index (κ3) is 4.66. The lowest BCUT2D eigenvalue weighted by atomic mass is 10.1. The van der Waals surface area contributed by atoms with E-state index in [0.717, 1.165) is 23.1 Å². The van der Waals surface area contributed by atoms with Crippen molar-refractivity contribution in [3.05, 3.63) is 58.4 Å². The van der Waals surface area contributed by atoms with E-state index in [4.69, 9.17) is 37.1 Å². The maximum absolute atomic E-state index is 6.39. The summed E-state index contributed by atoms with van der Waals surface area (Å²) >= 11 is 12.7. The minimum Gasteiger partial charge on any atom is -0.493 e. The molecule has 0 aliphatic carbocycles. The molecule has 0 atom stereocenters. The van der Waals surface area contributed by atoms with Gasteiger partial charge in [0.15, 0.2) is 11.5 Å². The van der Waals surface area contributed by atoms with E-state index in [1.54, 1.807) is 25.3 Å². The van der Waals surface area contributed by atoms with Crippen LogP contribution in [0.25, 0.3) is 22.6 Å². The van der Waals surface area contributed by atoms with Gasteiger partial charge in [-0.05, 0) is 49.2 Å². The van der Waals surface area contributed by atoms with Gasteiger partial charge in [0.1, 0.15) is 5.03 Å². The van der Waals surface area contributed by atoms with Crippen LogP contribution < -0.4 is 9.47 Å². The Kier molecular flexibility index (Phi) is 6.60. The summed E-state index contributed by atoms with van der Waals surface area (Å²) in [6.45, 7) is 4.57. The number of benzene rings is 2. The number of nitrogens with zero attached hydrogens (tertiary/aromatic N) is 2. The van der Waals surface area contributed by atoms with E-state index >= 15 is 0 Å². The molecular formula is C21H20Cl2N2O3. The fourth-order valence-corrected chi connectivity index (χ4v) is 3.07. The van der Waals surface area contributed by atoms with Crippen LogP contribution in [0, 0.1) is 6.92 Å². The molecule has 0 N–H and O–H groups in total. The van der Waals surface area contributed by atoms with Gasteiger partial charge < -0.3 is 13.9 Å². The predicted molar refractivity (Wildman–Crippen MR) is 112 cm³/mol. The Morgan fingerprint density at radius 3 is 2.75 bits per heavy atom. The van der Waals surface area contributed by atoms with Gasteiger partial charge in [0.05, 0.1) is 18.7 Å². The molecule has 0 aliphatic rings. The molecular weight excluding hydrogens is 399 g/mol. The van der Waals surface area contributed by atoms with Gasteiger partial charge in [0.25, 0.3) is 5.89 Å². The Morgan fingerprint density at radius 2 is 2.04 bits per heavy atom. The molecule has 0 saturated heterocycles. The van der Waals surface area contributed by atoms with Crippen molar-refractivity contribution in [1.29, 1.82) is 0 Å². The van der Waals surface area contributed by atoms with Crippen molar-refractivity contribution in [3.63, 3.8) is 0 Å². The van der Waals surface area contributed by atoms with Crippen molar-refractivity contribution in [1.82, 2.24) is 10.2 Å². The van der Waals surface area contributed by atoms with Gasteiger partial charge in [-0.2, -0.15) is 0 Å². The van der Waals surface area contributed by atoms with Crippen molar-refractivity contribution in [2.45, 2.75) is 20.3 Å². The Balaban J connectivity index is 1.88. The molecule has 3 aromatic rings. The highest BCUT2D eigenvalue weighted by molar-refractivity contribution is 6.50. The van der Waals surface area contributed by atoms with E-state index in [1.165, 1.54) is 0 Å². The standard InChI is InChI=1S/C21H20Cl2N2O3/c1-4-8-27-19-16(22)10-14(12-18(19)26-3)11-17(23)21-25-24-20(28-21)15-7-5-6-13(2)9-15/h5-7,9-12H,4,8H2,1-3H3/b17-11-. The first-order valence-corrected chi connectivity index (χ1v) is 9.56. The quantitative estimate of drug-likeness (QED) is 0.454. The van der Waals surface area contributed by atoms with Crippen LogP contribution in [0.15, 0.2) is 40.8 Å². The number of ether oxygens (including phenoxy) is 2. The molecule has 28 heavy (non-hydrogen) atoms. The molecule has 0 radical (unpaired) electrons. The fourth-order valence-electron chi connectivity index (χ4n) is 2.59. The molecule has 7 heteroatoms. The summed E-state index contributed by atoms with van der Waals surface area (Å²) in [6, 6.07) is 11.3. The molecule has 0 spiro atoms. The van der Waals surface area contributed by atoms with Crippen molar-refractivity contribution in [3.8, 4) is 23.0 Å². The van der Waals surface area contributed by atoms with Crippen molar-refractivity contribution >= 4 is 34.3 Å². The van der Waals surface area contributed by atoms with E-state index in [2.05, 4.69) is 10.2 Å². The van der Waals surface area contributed by atoms with Crippen LogP contribution in [0.2, 0.25) is 5.02 Å². The van der Waals surface area contributed by atoms with E-state index < -0.39 is 0 Å². The van der Waals surface area contributed by atoms with Gasteiger partial charge >= 0.3 is 0 Å². The van der Waals surface area contributed by atoms with Gasteiger partial charge in [0.2, 0.25) is 5.89 Å². The SMILES string of the molecule is CCCOc1c(Cl)cc(/C=C(\Cl)c2nnc(-c3cccc(C)c3)o2)cc1OC. The third-order valence-corrected chi connectivity index (χ3v) is 4.44. The first-order valence-electron chi connectivity index (χ1n) is 8.80. The first-order chi connectivity index (χ1) is 13.5. The lowest BCUT2D eigenvalue weighted by Crippen LogP contribution is -1.99. The number of aromatic nitrogens is 2. The summed E-state index contributed by atoms with van der Waals surface area (Å²) in [4.78, 5) is 0. The fraction of sp³-hybridized carbons (Fsp3) is 0.238. The molecule has 146 valence electrons.